The molecule has 3 aromatic rings. The van der Waals surface area contributed by atoms with E-state index in [1.54, 1.807) is 6.07 Å². The Morgan fingerprint density at radius 3 is 2.06 bits per heavy atom. The standard InChI is InChI=1S/C30H42Cl2N2O/c1-4-6-8-10-12-16-34(17-13-11-9-7-5-2)21-29(35)27-20-26-25(18-23(31)19-28(26)32)24-15-14-22(3)33-30(24)27/h14-15,18-20,29,35H,4-13,16-17,21H2,1-3H3. The van der Waals surface area contributed by atoms with Crippen molar-refractivity contribution in [3.8, 4) is 0 Å². The fourth-order valence-electron chi connectivity index (χ4n) is 4.94. The van der Waals surface area contributed by atoms with E-state index in [-0.39, 0.29) is 0 Å². The predicted octanol–water partition coefficient (Wildman–Crippen LogP) is 9.28. The van der Waals surface area contributed by atoms with E-state index in [0.717, 1.165) is 46.0 Å². The number of fused-ring (bicyclic) bond motifs is 3. The largest absolute Gasteiger partial charge is 0.387 e. The summed E-state index contributed by atoms with van der Waals surface area (Å²) >= 11 is 12.9. The van der Waals surface area contributed by atoms with Crippen LogP contribution < -0.4 is 0 Å². The van der Waals surface area contributed by atoms with Crippen molar-refractivity contribution in [2.24, 2.45) is 0 Å². The second-order valence-electron chi connectivity index (χ2n) is 9.94. The molecule has 0 amide bonds. The summed E-state index contributed by atoms with van der Waals surface area (Å²) in [5.41, 5.74) is 2.62. The zero-order valence-electron chi connectivity index (χ0n) is 21.8. The molecule has 0 aliphatic rings. The highest BCUT2D eigenvalue weighted by Gasteiger charge is 2.20. The maximum atomic E-state index is 11.5. The number of aromatic nitrogens is 1. The smallest absolute Gasteiger partial charge is 0.0938 e. The average Bonchev–Trinajstić information content (AvgIpc) is 2.82. The molecular weight excluding hydrogens is 475 g/mol. The first-order valence-corrected chi connectivity index (χ1v) is 14.3. The fourth-order valence-corrected chi connectivity index (χ4v) is 5.49. The molecule has 0 aliphatic heterocycles. The number of aryl methyl sites for hydroxylation is 1. The van der Waals surface area contributed by atoms with Crippen molar-refractivity contribution in [1.82, 2.24) is 9.88 Å². The Balaban J connectivity index is 1.85. The number of hydrogen-bond acceptors (Lipinski definition) is 3. The van der Waals surface area contributed by atoms with Crippen molar-refractivity contribution in [3.63, 3.8) is 0 Å². The molecule has 2 aromatic carbocycles. The van der Waals surface area contributed by atoms with Crippen LogP contribution in [0.1, 0.15) is 95.4 Å². The van der Waals surface area contributed by atoms with Crippen molar-refractivity contribution in [2.75, 3.05) is 19.6 Å². The second-order valence-corrected chi connectivity index (χ2v) is 10.8. The lowest BCUT2D eigenvalue weighted by atomic mass is 9.97. The summed E-state index contributed by atoms with van der Waals surface area (Å²) in [7, 11) is 0. The quantitative estimate of drug-likeness (QED) is 0.161. The first-order valence-electron chi connectivity index (χ1n) is 13.5. The first-order chi connectivity index (χ1) is 16.9. The molecule has 1 unspecified atom stereocenters. The fraction of sp³-hybridized carbons (Fsp3) is 0.567. The molecule has 0 bridgehead atoms. The number of benzene rings is 2. The van der Waals surface area contributed by atoms with Crippen LogP contribution in [0, 0.1) is 6.92 Å². The van der Waals surface area contributed by atoms with E-state index in [0.29, 0.717) is 16.6 Å². The van der Waals surface area contributed by atoms with Gasteiger partial charge in [-0.25, -0.2) is 0 Å². The molecule has 0 saturated carbocycles. The number of unbranched alkanes of at least 4 members (excludes halogenated alkanes) is 8. The summed E-state index contributed by atoms with van der Waals surface area (Å²) in [6, 6.07) is 9.81. The summed E-state index contributed by atoms with van der Waals surface area (Å²) in [4.78, 5) is 7.30. The van der Waals surface area contributed by atoms with Gasteiger partial charge in [0.15, 0.2) is 0 Å². The van der Waals surface area contributed by atoms with Crippen LogP contribution in [0.25, 0.3) is 21.7 Å². The molecule has 1 aromatic heterocycles. The van der Waals surface area contributed by atoms with Crippen LogP contribution >= 0.6 is 23.2 Å². The van der Waals surface area contributed by atoms with E-state index >= 15 is 0 Å². The minimum absolute atomic E-state index is 0.604. The third kappa shape index (κ3) is 8.05. The highest BCUT2D eigenvalue weighted by molar-refractivity contribution is 6.39. The topological polar surface area (TPSA) is 36.4 Å². The van der Waals surface area contributed by atoms with Crippen LogP contribution in [-0.2, 0) is 0 Å². The van der Waals surface area contributed by atoms with E-state index < -0.39 is 6.10 Å². The Morgan fingerprint density at radius 2 is 1.43 bits per heavy atom. The van der Waals surface area contributed by atoms with Crippen LogP contribution in [0.5, 0.6) is 0 Å². The van der Waals surface area contributed by atoms with Crippen molar-refractivity contribution in [1.29, 1.82) is 0 Å². The Bertz CT molecular complexity index is 1070. The van der Waals surface area contributed by atoms with Crippen molar-refractivity contribution >= 4 is 44.9 Å². The molecule has 0 fully saturated rings. The molecule has 35 heavy (non-hydrogen) atoms. The Morgan fingerprint density at radius 1 is 0.800 bits per heavy atom. The molecule has 192 valence electrons. The number of aliphatic hydroxyl groups is 1. The van der Waals surface area contributed by atoms with Gasteiger partial charge in [0.1, 0.15) is 0 Å². The summed E-state index contributed by atoms with van der Waals surface area (Å²) in [6.07, 6.45) is 12.0. The number of hydrogen-bond donors (Lipinski definition) is 1. The molecule has 1 heterocycles. The van der Waals surface area contributed by atoms with Gasteiger partial charge in [0.25, 0.3) is 0 Å². The number of aliphatic hydroxyl groups excluding tert-OH is 1. The van der Waals surface area contributed by atoms with Gasteiger partial charge in [-0.1, -0.05) is 94.5 Å². The Kier molecular flexibility index (Phi) is 11.6. The third-order valence-electron chi connectivity index (χ3n) is 6.94. The summed E-state index contributed by atoms with van der Waals surface area (Å²) in [5, 5.41) is 15.6. The lowest BCUT2D eigenvalue weighted by molar-refractivity contribution is 0.111. The van der Waals surface area contributed by atoms with Crippen LogP contribution in [-0.4, -0.2) is 34.6 Å². The normalized spacial score (nSPS) is 12.8. The van der Waals surface area contributed by atoms with Gasteiger partial charge in [0.2, 0.25) is 0 Å². The molecular formula is C30H42Cl2N2O. The number of rotatable bonds is 15. The van der Waals surface area contributed by atoms with Gasteiger partial charge in [-0.05, 0) is 62.5 Å². The van der Waals surface area contributed by atoms with Gasteiger partial charge in [-0.2, -0.15) is 0 Å². The monoisotopic (exact) mass is 516 g/mol. The number of halogens is 2. The lowest BCUT2D eigenvalue weighted by Gasteiger charge is -2.26. The van der Waals surface area contributed by atoms with Crippen molar-refractivity contribution in [3.05, 3.63) is 51.6 Å². The molecule has 0 spiro atoms. The maximum absolute atomic E-state index is 11.5. The third-order valence-corrected chi connectivity index (χ3v) is 7.47. The molecule has 0 radical (unpaired) electrons. The minimum atomic E-state index is -0.630. The van der Waals surface area contributed by atoms with E-state index in [1.807, 2.05) is 25.1 Å². The molecule has 1 N–H and O–H groups in total. The maximum Gasteiger partial charge on any atom is 0.0938 e. The Labute approximate surface area is 221 Å². The van der Waals surface area contributed by atoms with E-state index in [1.165, 1.54) is 64.2 Å². The van der Waals surface area contributed by atoms with Gasteiger partial charge in [0, 0.05) is 38.6 Å². The van der Waals surface area contributed by atoms with Crippen LogP contribution in [0.4, 0.5) is 0 Å². The number of nitrogens with zero attached hydrogens (tertiary/aromatic N) is 2. The molecule has 1 atom stereocenters. The van der Waals surface area contributed by atoms with Crippen molar-refractivity contribution < 1.29 is 5.11 Å². The van der Waals surface area contributed by atoms with Crippen LogP contribution in [0.3, 0.4) is 0 Å². The highest BCUT2D eigenvalue weighted by atomic mass is 35.5. The van der Waals surface area contributed by atoms with Crippen molar-refractivity contribution in [2.45, 2.75) is 91.1 Å². The molecule has 5 heteroatoms. The predicted molar refractivity (Wildman–Crippen MR) is 153 cm³/mol. The Hall–Kier alpha value is -1.39. The van der Waals surface area contributed by atoms with Gasteiger partial charge in [-0.3, -0.25) is 4.98 Å². The van der Waals surface area contributed by atoms with Crippen LogP contribution in [0.15, 0.2) is 30.3 Å². The van der Waals surface area contributed by atoms with Crippen LogP contribution in [0.2, 0.25) is 10.0 Å². The van der Waals surface area contributed by atoms with Gasteiger partial charge < -0.3 is 10.0 Å². The van der Waals surface area contributed by atoms with E-state index in [9.17, 15) is 5.11 Å². The SMILES string of the molecule is CCCCCCCN(CCCCCCC)CC(O)c1cc2c(Cl)cc(Cl)cc2c2ccc(C)nc12. The molecule has 3 nitrogen and oxygen atoms in total. The van der Waals surface area contributed by atoms with Gasteiger partial charge in [-0.15, -0.1) is 0 Å². The minimum Gasteiger partial charge on any atom is -0.387 e. The van der Waals surface area contributed by atoms with Gasteiger partial charge in [0.05, 0.1) is 11.6 Å². The van der Waals surface area contributed by atoms with E-state index in [4.69, 9.17) is 28.2 Å². The summed E-state index contributed by atoms with van der Waals surface area (Å²) in [6.45, 7) is 9.17. The second kappa shape index (κ2) is 14.4. The average molecular weight is 518 g/mol. The summed E-state index contributed by atoms with van der Waals surface area (Å²) < 4.78 is 0. The molecule has 0 aliphatic carbocycles. The zero-order valence-corrected chi connectivity index (χ0v) is 23.3. The van der Waals surface area contributed by atoms with Gasteiger partial charge >= 0.3 is 0 Å². The highest BCUT2D eigenvalue weighted by Crippen LogP contribution is 2.37. The molecule has 0 saturated heterocycles. The number of pyridine rings is 1. The molecule has 3 rings (SSSR count). The summed E-state index contributed by atoms with van der Waals surface area (Å²) in [5.74, 6) is 0. The van der Waals surface area contributed by atoms with E-state index in [2.05, 4.69) is 24.8 Å². The zero-order chi connectivity index (χ0) is 25.2. The first kappa shape index (κ1) is 28.2. The lowest BCUT2D eigenvalue weighted by Crippen LogP contribution is -2.31.